The molecule has 0 aliphatic carbocycles. The Balaban J connectivity index is 2.49. The summed E-state index contributed by atoms with van der Waals surface area (Å²) in [6.45, 7) is 9.35. The fraction of sp³-hybridized carbons (Fsp3) is 0.538. The highest BCUT2D eigenvalue weighted by Gasteiger charge is 2.25. The van der Waals surface area contributed by atoms with E-state index >= 15 is 0 Å². The van der Waals surface area contributed by atoms with Crippen LogP contribution < -0.4 is 4.90 Å². The van der Waals surface area contributed by atoms with Crippen LogP contribution in [-0.2, 0) is 0 Å². The van der Waals surface area contributed by atoms with Crippen LogP contribution in [0.5, 0.6) is 0 Å². The van der Waals surface area contributed by atoms with Gasteiger partial charge in [0.05, 0.1) is 5.56 Å². The Labute approximate surface area is 102 Å². The molecule has 0 fully saturated rings. The van der Waals surface area contributed by atoms with Gasteiger partial charge in [0, 0.05) is 31.9 Å². The Bertz CT molecular complexity index is 431. The minimum absolute atomic E-state index is 0.103. The van der Waals surface area contributed by atoms with Crippen molar-refractivity contribution < 1.29 is 4.79 Å². The number of amides is 1. The molecule has 1 aliphatic rings. The summed E-state index contributed by atoms with van der Waals surface area (Å²) in [5.41, 5.74) is 1.69. The first-order valence-electron chi connectivity index (χ1n) is 6.19. The molecular formula is C13H19N3O. The molecule has 0 saturated carbocycles. The summed E-state index contributed by atoms with van der Waals surface area (Å²) in [5, 5.41) is 0. The van der Waals surface area contributed by atoms with Crippen molar-refractivity contribution in [1.82, 2.24) is 9.88 Å². The van der Waals surface area contributed by atoms with Crippen LogP contribution in [0, 0.1) is 6.92 Å². The predicted molar refractivity (Wildman–Crippen MR) is 68.4 cm³/mol. The van der Waals surface area contributed by atoms with E-state index in [-0.39, 0.29) is 5.91 Å². The van der Waals surface area contributed by atoms with Crippen molar-refractivity contribution in [3.63, 3.8) is 0 Å². The number of aromatic nitrogens is 1. The summed E-state index contributed by atoms with van der Waals surface area (Å²) in [6.07, 6.45) is 0. The second-order valence-electron chi connectivity index (χ2n) is 4.29. The molecule has 0 atom stereocenters. The molecule has 0 bridgehead atoms. The van der Waals surface area contributed by atoms with E-state index < -0.39 is 0 Å². The van der Waals surface area contributed by atoms with Gasteiger partial charge in [0.15, 0.2) is 0 Å². The number of rotatable bonds is 2. The molecule has 4 nitrogen and oxygen atoms in total. The molecule has 1 aromatic rings. The Kier molecular flexibility index (Phi) is 3.31. The number of nitrogens with zero attached hydrogens (tertiary/aromatic N) is 3. The van der Waals surface area contributed by atoms with Gasteiger partial charge >= 0.3 is 0 Å². The molecule has 2 heterocycles. The van der Waals surface area contributed by atoms with E-state index in [0.717, 1.165) is 43.3 Å². The topological polar surface area (TPSA) is 36.4 Å². The van der Waals surface area contributed by atoms with Crippen LogP contribution in [0.4, 0.5) is 5.82 Å². The first-order chi connectivity index (χ1) is 8.17. The smallest absolute Gasteiger partial charge is 0.257 e. The molecule has 4 heteroatoms. The van der Waals surface area contributed by atoms with Crippen LogP contribution in [0.1, 0.15) is 29.9 Å². The number of fused-ring (bicyclic) bond motifs is 1. The average molecular weight is 233 g/mol. The normalized spacial score (nSPS) is 15.8. The van der Waals surface area contributed by atoms with Gasteiger partial charge in [0.25, 0.3) is 5.91 Å². The summed E-state index contributed by atoms with van der Waals surface area (Å²) in [5.74, 6) is 0.944. The van der Waals surface area contributed by atoms with Crippen LogP contribution in [0.15, 0.2) is 12.1 Å². The molecule has 0 N–H and O–H groups in total. The number of anilines is 1. The zero-order chi connectivity index (χ0) is 12.4. The first kappa shape index (κ1) is 11.9. The number of aryl methyl sites for hydroxylation is 1. The molecule has 0 aromatic carbocycles. The fourth-order valence-corrected chi connectivity index (χ4v) is 2.18. The minimum Gasteiger partial charge on any atom is -0.354 e. The lowest BCUT2D eigenvalue weighted by molar-refractivity contribution is 0.0775. The third kappa shape index (κ3) is 2.12. The SMILES string of the molecule is CCN1CCN(CC)c2nc(C)ccc2C1=O. The van der Waals surface area contributed by atoms with Gasteiger partial charge in [0.2, 0.25) is 0 Å². The van der Waals surface area contributed by atoms with Gasteiger partial charge in [0.1, 0.15) is 5.82 Å². The van der Waals surface area contributed by atoms with Crippen LogP contribution in [-0.4, -0.2) is 42.0 Å². The molecule has 0 unspecified atom stereocenters. The number of carbonyl (C=O) groups is 1. The van der Waals surface area contributed by atoms with E-state index in [1.54, 1.807) is 0 Å². The maximum absolute atomic E-state index is 12.3. The highest BCUT2D eigenvalue weighted by molar-refractivity contribution is 5.99. The molecule has 1 amide bonds. The van der Waals surface area contributed by atoms with Gasteiger partial charge in [-0.1, -0.05) is 0 Å². The quantitative estimate of drug-likeness (QED) is 0.780. The number of hydrogen-bond donors (Lipinski definition) is 0. The monoisotopic (exact) mass is 233 g/mol. The standard InChI is InChI=1S/C13H19N3O/c1-4-15-8-9-16(5-2)13(17)11-7-6-10(3)14-12(11)15/h6-7H,4-5,8-9H2,1-3H3. The third-order valence-electron chi connectivity index (χ3n) is 3.23. The second kappa shape index (κ2) is 4.73. The van der Waals surface area contributed by atoms with E-state index in [2.05, 4.69) is 16.8 Å². The molecule has 0 radical (unpaired) electrons. The van der Waals surface area contributed by atoms with Crippen molar-refractivity contribution in [2.45, 2.75) is 20.8 Å². The van der Waals surface area contributed by atoms with E-state index in [4.69, 9.17) is 0 Å². The number of pyridine rings is 1. The van der Waals surface area contributed by atoms with Gasteiger partial charge in [-0.05, 0) is 32.9 Å². The van der Waals surface area contributed by atoms with Crippen molar-refractivity contribution in [3.8, 4) is 0 Å². The number of hydrogen-bond acceptors (Lipinski definition) is 3. The summed E-state index contributed by atoms with van der Waals surface area (Å²) in [6, 6.07) is 3.81. The van der Waals surface area contributed by atoms with Crippen molar-refractivity contribution in [3.05, 3.63) is 23.4 Å². The van der Waals surface area contributed by atoms with Crippen molar-refractivity contribution in [2.75, 3.05) is 31.1 Å². The van der Waals surface area contributed by atoms with E-state index in [1.807, 2.05) is 30.9 Å². The summed E-state index contributed by atoms with van der Waals surface area (Å²) in [4.78, 5) is 20.9. The second-order valence-corrected chi connectivity index (χ2v) is 4.29. The number of likely N-dealkylation sites (N-methyl/N-ethyl adjacent to an activating group) is 2. The van der Waals surface area contributed by atoms with Gasteiger partial charge < -0.3 is 9.80 Å². The molecule has 1 aromatic heterocycles. The van der Waals surface area contributed by atoms with Crippen LogP contribution in [0.2, 0.25) is 0 Å². The Morgan fingerprint density at radius 2 is 1.82 bits per heavy atom. The zero-order valence-electron chi connectivity index (χ0n) is 10.7. The zero-order valence-corrected chi connectivity index (χ0v) is 10.7. The Morgan fingerprint density at radius 3 is 2.47 bits per heavy atom. The van der Waals surface area contributed by atoms with E-state index in [1.165, 1.54) is 0 Å². The maximum Gasteiger partial charge on any atom is 0.257 e. The molecular weight excluding hydrogens is 214 g/mol. The first-order valence-corrected chi connectivity index (χ1v) is 6.19. The third-order valence-corrected chi connectivity index (χ3v) is 3.23. The Morgan fingerprint density at radius 1 is 1.18 bits per heavy atom. The Hall–Kier alpha value is -1.58. The number of carbonyl (C=O) groups excluding carboxylic acids is 1. The molecule has 2 rings (SSSR count). The van der Waals surface area contributed by atoms with E-state index in [9.17, 15) is 4.79 Å². The van der Waals surface area contributed by atoms with Crippen LogP contribution in [0.3, 0.4) is 0 Å². The maximum atomic E-state index is 12.3. The molecule has 0 saturated heterocycles. The van der Waals surface area contributed by atoms with Crippen LogP contribution in [0.25, 0.3) is 0 Å². The van der Waals surface area contributed by atoms with E-state index in [0.29, 0.717) is 0 Å². The van der Waals surface area contributed by atoms with Crippen LogP contribution >= 0.6 is 0 Å². The predicted octanol–water partition coefficient (Wildman–Crippen LogP) is 1.69. The fourth-order valence-electron chi connectivity index (χ4n) is 2.18. The molecule has 17 heavy (non-hydrogen) atoms. The van der Waals surface area contributed by atoms with Gasteiger partial charge in [-0.25, -0.2) is 4.98 Å². The lowest BCUT2D eigenvalue weighted by Gasteiger charge is -2.21. The summed E-state index contributed by atoms with van der Waals surface area (Å²) in [7, 11) is 0. The molecule has 92 valence electrons. The van der Waals surface area contributed by atoms with Gasteiger partial charge in [-0.2, -0.15) is 0 Å². The summed E-state index contributed by atoms with van der Waals surface area (Å²) >= 11 is 0. The van der Waals surface area contributed by atoms with Crippen molar-refractivity contribution >= 4 is 11.7 Å². The van der Waals surface area contributed by atoms with Crippen molar-refractivity contribution in [2.24, 2.45) is 0 Å². The average Bonchev–Trinajstić information content (AvgIpc) is 2.46. The lowest BCUT2D eigenvalue weighted by atomic mass is 10.2. The lowest BCUT2D eigenvalue weighted by Crippen LogP contribution is -2.34. The van der Waals surface area contributed by atoms with Crippen molar-refractivity contribution in [1.29, 1.82) is 0 Å². The largest absolute Gasteiger partial charge is 0.354 e. The molecule has 0 spiro atoms. The minimum atomic E-state index is 0.103. The molecule has 1 aliphatic heterocycles. The van der Waals surface area contributed by atoms with Gasteiger partial charge in [-0.3, -0.25) is 4.79 Å². The highest BCUT2D eigenvalue weighted by atomic mass is 16.2. The van der Waals surface area contributed by atoms with Gasteiger partial charge in [-0.15, -0.1) is 0 Å². The highest BCUT2D eigenvalue weighted by Crippen LogP contribution is 2.23. The summed E-state index contributed by atoms with van der Waals surface area (Å²) < 4.78 is 0.